The molecule has 0 aliphatic heterocycles. The Labute approximate surface area is 66.5 Å². The van der Waals surface area contributed by atoms with Crippen molar-refractivity contribution in [2.24, 2.45) is 0 Å². The Hall–Kier alpha value is 1.58. The molecule has 0 aliphatic carbocycles. The standard InChI is InChI=1S/Cr.Ni.4H2O.Ti/h;;4*1H2;/q;;;;;;+4/p-4. The van der Waals surface area contributed by atoms with Crippen LogP contribution in [0.15, 0.2) is 0 Å². The molecule has 0 rings (SSSR count). The van der Waals surface area contributed by atoms with Crippen molar-refractivity contribution in [3.05, 3.63) is 0 Å². The first-order chi connectivity index (χ1) is 2.00. The zero-order valence-corrected chi connectivity index (χ0v) is 6.84. The van der Waals surface area contributed by atoms with E-state index in [9.17, 15) is 0 Å². The van der Waals surface area contributed by atoms with Crippen LogP contribution in [0.4, 0.5) is 0 Å². The van der Waals surface area contributed by atoms with Crippen molar-refractivity contribution in [2.45, 2.75) is 0 Å². The Morgan fingerprint density at radius 1 is 0.857 bits per heavy atom. The minimum absolute atomic E-state index is 0. The van der Waals surface area contributed by atoms with E-state index in [0.717, 1.165) is 0 Å². The quantitative estimate of drug-likeness (QED) is 0.352. The van der Waals surface area contributed by atoms with Crippen LogP contribution in [0.1, 0.15) is 0 Å². The third-order valence-electron chi connectivity index (χ3n) is 0. The van der Waals surface area contributed by atoms with E-state index in [0.29, 0.717) is 0 Å². The topological polar surface area (TPSA) is 80.9 Å². The van der Waals surface area contributed by atoms with Gasteiger partial charge in [0.2, 0.25) is 0 Å². The van der Waals surface area contributed by atoms with Crippen molar-refractivity contribution in [1.82, 2.24) is 0 Å². The molecular formula is H4CrNiO4Ti. The zero-order valence-electron chi connectivity index (χ0n) is 3.01. The molecule has 0 aromatic heterocycles. The van der Waals surface area contributed by atoms with Crippen molar-refractivity contribution >= 4 is 0 Å². The number of hydrogen-bond acceptors (Lipinski definition) is 4. The molecule has 0 saturated carbocycles. The molecule has 0 unspecified atom stereocenters. The summed E-state index contributed by atoms with van der Waals surface area (Å²) in [7, 11) is 0. The molecule has 0 amide bonds. The van der Waals surface area contributed by atoms with Gasteiger partial charge in [-0.15, -0.1) is 0 Å². The van der Waals surface area contributed by atoms with Crippen LogP contribution < -0.4 is 0 Å². The second-order valence-electron chi connectivity index (χ2n) is 0.600. The molecule has 7 heavy (non-hydrogen) atoms. The van der Waals surface area contributed by atoms with E-state index in [1.54, 1.807) is 0 Å². The fourth-order valence-electron chi connectivity index (χ4n) is 0. The second-order valence-corrected chi connectivity index (χ2v) is 2.47. The van der Waals surface area contributed by atoms with Gasteiger partial charge in [-0.25, -0.2) is 0 Å². The molecule has 0 heterocycles. The van der Waals surface area contributed by atoms with Crippen molar-refractivity contribution in [3.63, 3.8) is 0 Å². The molecule has 0 bridgehead atoms. The fraction of sp³-hybridized carbons (Fsp3) is 0. The summed E-state index contributed by atoms with van der Waals surface area (Å²) in [6, 6.07) is 0. The molecule has 0 radical (unpaired) electrons. The van der Waals surface area contributed by atoms with Crippen LogP contribution in [0.2, 0.25) is 0 Å². The van der Waals surface area contributed by atoms with Gasteiger partial charge in [0.25, 0.3) is 0 Å². The summed E-state index contributed by atoms with van der Waals surface area (Å²) in [5.74, 6) is 0. The summed E-state index contributed by atoms with van der Waals surface area (Å²) in [5.41, 5.74) is 0. The summed E-state index contributed by atoms with van der Waals surface area (Å²) < 4.78 is 29.5. The van der Waals surface area contributed by atoms with Crippen LogP contribution in [0.25, 0.3) is 0 Å². The minimum atomic E-state index is -5.00. The van der Waals surface area contributed by atoms with Crippen molar-refractivity contribution in [1.29, 1.82) is 0 Å². The monoisotopic (exact) mass is 226 g/mol. The van der Waals surface area contributed by atoms with Gasteiger partial charge in [-0.3, -0.25) is 0 Å². The first kappa shape index (κ1) is 15.8. The van der Waals surface area contributed by atoms with Crippen molar-refractivity contribution in [2.75, 3.05) is 0 Å². The van der Waals surface area contributed by atoms with E-state index in [2.05, 4.69) is 0 Å². The SMILES string of the molecule is [Cr].[Ni].[OH][Ti]([OH])([OH])[OH]. The number of rotatable bonds is 0. The summed E-state index contributed by atoms with van der Waals surface area (Å²) in [6.07, 6.45) is 0. The van der Waals surface area contributed by atoms with Crippen LogP contribution in [-0.4, -0.2) is 14.8 Å². The maximum atomic E-state index is 7.38. The van der Waals surface area contributed by atoms with Crippen molar-refractivity contribution < 1.29 is 66.7 Å². The Morgan fingerprint density at radius 3 is 0.857 bits per heavy atom. The van der Waals surface area contributed by atoms with Crippen LogP contribution in [-0.2, 0) is 52.0 Å². The molecule has 0 aromatic carbocycles. The van der Waals surface area contributed by atoms with Crippen molar-refractivity contribution in [3.8, 4) is 0 Å². The molecule has 7 heteroatoms. The predicted molar refractivity (Wildman–Crippen MR) is 8.88 cm³/mol. The molecule has 0 saturated heterocycles. The second kappa shape index (κ2) is 5.71. The molecule has 0 spiro atoms. The Balaban J connectivity index is -0.0000000800. The predicted octanol–water partition coefficient (Wildman–Crippen LogP) is -2.24. The zero-order chi connectivity index (χ0) is 4.50. The summed E-state index contributed by atoms with van der Waals surface area (Å²) in [5, 5.41) is 0. The van der Waals surface area contributed by atoms with Crippen LogP contribution >= 0.6 is 0 Å². The van der Waals surface area contributed by atoms with E-state index in [-0.39, 0.29) is 33.9 Å². The van der Waals surface area contributed by atoms with Gasteiger partial charge >= 0.3 is 32.9 Å². The molecule has 48 valence electrons. The van der Waals surface area contributed by atoms with E-state index >= 15 is 0 Å². The summed E-state index contributed by atoms with van der Waals surface area (Å²) in [6.45, 7) is 0. The van der Waals surface area contributed by atoms with E-state index in [1.165, 1.54) is 0 Å². The van der Waals surface area contributed by atoms with Gasteiger partial charge < -0.3 is 0 Å². The average Bonchev–Trinajstić information content (AvgIpc) is 0.722. The fourth-order valence-corrected chi connectivity index (χ4v) is 0. The first-order valence-corrected chi connectivity index (χ1v) is 3.69. The Morgan fingerprint density at radius 2 is 0.857 bits per heavy atom. The number of hydrogen-bond donors (Lipinski definition) is 4. The summed E-state index contributed by atoms with van der Waals surface area (Å²) in [4.78, 5) is 0. The average molecular weight is 227 g/mol. The molecule has 0 aromatic rings. The molecule has 0 aliphatic rings. The molecule has 0 atom stereocenters. The van der Waals surface area contributed by atoms with E-state index < -0.39 is 18.1 Å². The Bertz CT molecular complexity index is 27.2. The molecule has 4 N–H and O–H groups in total. The van der Waals surface area contributed by atoms with Gasteiger partial charge in [0.05, 0.1) is 0 Å². The van der Waals surface area contributed by atoms with Crippen LogP contribution in [0, 0.1) is 0 Å². The van der Waals surface area contributed by atoms with Gasteiger partial charge in [0.1, 0.15) is 0 Å². The van der Waals surface area contributed by atoms with E-state index in [4.69, 9.17) is 14.8 Å². The van der Waals surface area contributed by atoms with Gasteiger partial charge in [0, 0.05) is 33.9 Å². The van der Waals surface area contributed by atoms with Crippen LogP contribution in [0.3, 0.4) is 0 Å². The molecular weight excluding hydrogens is 223 g/mol. The normalized spacial score (nSPS) is 8.57. The van der Waals surface area contributed by atoms with Gasteiger partial charge in [-0.05, 0) is 0 Å². The third-order valence-corrected chi connectivity index (χ3v) is 0. The van der Waals surface area contributed by atoms with Gasteiger partial charge in [-0.1, -0.05) is 0 Å². The summed E-state index contributed by atoms with van der Waals surface area (Å²) >= 11 is -5.00. The third kappa shape index (κ3) is 94.5. The first-order valence-electron chi connectivity index (χ1n) is 0.894. The molecule has 0 fully saturated rings. The van der Waals surface area contributed by atoms with Crippen LogP contribution in [0.5, 0.6) is 0 Å². The van der Waals surface area contributed by atoms with Gasteiger partial charge in [0.15, 0.2) is 0 Å². The van der Waals surface area contributed by atoms with Gasteiger partial charge in [-0.2, -0.15) is 0 Å². The Kier molecular flexibility index (Phi) is 12.9. The molecule has 4 nitrogen and oxygen atoms in total. The maximum absolute atomic E-state index is 7.38. The van der Waals surface area contributed by atoms with E-state index in [1.807, 2.05) is 0 Å².